The normalized spacial score (nSPS) is 18.0. The molecule has 1 heterocycles. The van der Waals surface area contributed by atoms with Crippen molar-refractivity contribution in [3.8, 4) is 0 Å². The van der Waals surface area contributed by atoms with Gasteiger partial charge in [0.1, 0.15) is 11.3 Å². The maximum absolute atomic E-state index is 12.2. The Kier molecular flexibility index (Phi) is 5.10. The summed E-state index contributed by atoms with van der Waals surface area (Å²) in [7, 11) is 1.58. The molecule has 0 radical (unpaired) electrons. The number of rotatable bonds is 5. The van der Waals surface area contributed by atoms with Gasteiger partial charge in [-0.2, -0.15) is 0 Å². The number of carbonyl (C=O) groups excluding carboxylic acids is 1. The minimum Gasteiger partial charge on any atom is -0.383 e. The van der Waals surface area contributed by atoms with Crippen LogP contribution in [0.4, 0.5) is 11.4 Å². The van der Waals surface area contributed by atoms with E-state index in [9.17, 15) is 14.9 Å². The summed E-state index contributed by atoms with van der Waals surface area (Å²) in [6, 6.07) is 4.64. The highest BCUT2D eigenvalue weighted by Crippen LogP contribution is 2.28. The van der Waals surface area contributed by atoms with Gasteiger partial charge in [0.15, 0.2) is 0 Å². The van der Waals surface area contributed by atoms with E-state index in [1.807, 2.05) is 0 Å². The van der Waals surface area contributed by atoms with Crippen LogP contribution in [0.5, 0.6) is 0 Å². The average molecular weight is 293 g/mol. The minimum atomic E-state index is -0.544. The number of amides is 1. The number of hydrogen-bond donors (Lipinski definition) is 2. The molecule has 1 aliphatic rings. The fourth-order valence-electron chi connectivity index (χ4n) is 2.40. The van der Waals surface area contributed by atoms with Gasteiger partial charge < -0.3 is 15.4 Å². The second-order valence-corrected chi connectivity index (χ2v) is 4.91. The number of nitro groups is 1. The minimum absolute atomic E-state index is 0.00533. The van der Waals surface area contributed by atoms with Crippen molar-refractivity contribution in [3.63, 3.8) is 0 Å². The molecule has 21 heavy (non-hydrogen) atoms. The molecule has 0 saturated carbocycles. The van der Waals surface area contributed by atoms with E-state index in [4.69, 9.17) is 4.74 Å². The predicted octanol–water partition coefficient (Wildman–Crippen LogP) is 1.94. The van der Waals surface area contributed by atoms with Gasteiger partial charge in [0.2, 0.25) is 0 Å². The number of ether oxygens (including phenoxy) is 1. The molecule has 1 amide bonds. The molecule has 1 aromatic carbocycles. The maximum Gasteiger partial charge on any atom is 0.305 e. The van der Waals surface area contributed by atoms with Gasteiger partial charge in [-0.15, -0.1) is 0 Å². The highest BCUT2D eigenvalue weighted by molar-refractivity contribution is 6.00. The topological polar surface area (TPSA) is 93.5 Å². The Bertz CT molecular complexity index is 527. The molecule has 2 rings (SSSR count). The molecule has 1 atom stereocenters. The third kappa shape index (κ3) is 3.69. The van der Waals surface area contributed by atoms with Crippen LogP contribution in [0.1, 0.15) is 29.6 Å². The summed E-state index contributed by atoms with van der Waals surface area (Å²) >= 11 is 0. The monoisotopic (exact) mass is 293 g/mol. The third-order valence-electron chi connectivity index (χ3n) is 3.50. The first-order chi connectivity index (χ1) is 10.1. The Hall–Kier alpha value is -2.15. The molecule has 0 aliphatic carbocycles. The Morgan fingerprint density at radius 2 is 2.29 bits per heavy atom. The van der Waals surface area contributed by atoms with Gasteiger partial charge in [0, 0.05) is 20.2 Å². The zero-order valence-corrected chi connectivity index (χ0v) is 11.9. The van der Waals surface area contributed by atoms with E-state index in [1.54, 1.807) is 19.2 Å². The van der Waals surface area contributed by atoms with E-state index in [-0.39, 0.29) is 17.4 Å². The van der Waals surface area contributed by atoms with E-state index < -0.39 is 10.8 Å². The molecule has 1 aromatic rings. The Morgan fingerprint density at radius 1 is 1.48 bits per heavy atom. The first-order valence-electron chi connectivity index (χ1n) is 6.98. The molecular formula is C14H19N3O4. The first kappa shape index (κ1) is 15.2. The number of para-hydroxylation sites is 1. The number of nitrogens with zero attached hydrogens (tertiary/aromatic N) is 1. The number of anilines is 1. The summed E-state index contributed by atoms with van der Waals surface area (Å²) in [6.45, 7) is 1.08. The van der Waals surface area contributed by atoms with E-state index in [1.165, 1.54) is 6.07 Å². The van der Waals surface area contributed by atoms with E-state index >= 15 is 0 Å². The number of hydrogen-bond acceptors (Lipinski definition) is 5. The van der Waals surface area contributed by atoms with Gasteiger partial charge in [0.25, 0.3) is 5.91 Å². The predicted molar refractivity (Wildman–Crippen MR) is 78.6 cm³/mol. The van der Waals surface area contributed by atoms with Gasteiger partial charge in [-0.3, -0.25) is 14.9 Å². The maximum atomic E-state index is 12.2. The van der Waals surface area contributed by atoms with Crippen molar-refractivity contribution < 1.29 is 14.5 Å². The van der Waals surface area contributed by atoms with Crippen LogP contribution < -0.4 is 10.6 Å². The lowest BCUT2D eigenvalue weighted by Crippen LogP contribution is -2.35. The zero-order chi connectivity index (χ0) is 15.2. The SMILES string of the molecule is CNc1cccc(C(=O)NCC2CCCCO2)c1[N+](=O)[O-]. The van der Waals surface area contributed by atoms with Crippen LogP contribution in [0, 0.1) is 10.1 Å². The second-order valence-electron chi connectivity index (χ2n) is 4.91. The third-order valence-corrected chi connectivity index (χ3v) is 3.50. The smallest absolute Gasteiger partial charge is 0.305 e. The molecule has 0 bridgehead atoms. The molecule has 114 valence electrons. The molecule has 1 aliphatic heterocycles. The Labute approximate surface area is 122 Å². The Morgan fingerprint density at radius 3 is 2.90 bits per heavy atom. The van der Waals surface area contributed by atoms with Crippen LogP contribution in [-0.4, -0.2) is 37.1 Å². The van der Waals surface area contributed by atoms with Crippen LogP contribution in [0.15, 0.2) is 18.2 Å². The van der Waals surface area contributed by atoms with E-state index in [0.717, 1.165) is 19.3 Å². The van der Waals surface area contributed by atoms with Crippen LogP contribution in [0.25, 0.3) is 0 Å². The quantitative estimate of drug-likeness (QED) is 0.639. The van der Waals surface area contributed by atoms with Crippen molar-refractivity contribution >= 4 is 17.3 Å². The summed E-state index contributed by atoms with van der Waals surface area (Å²) < 4.78 is 5.53. The molecule has 1 saturated heterocycles. The molecule has 0 spiro atoms. The standard InChI is InChI=1S/C14H19N3O4/c1-15-12-7-4-6-11(13(12)17(19)20)14(18)16-9-10-5-2-3-8-21-10/h4,6-7,10,15H,2-3,5,8-9H2,1H3,(H,16,18). The van der Waals surface area contributed by atoms with Crippen molar-refractivity contribution in [3.05, 3.63) is 33.9 Å². The lowest BCUT2D eigenvalue weighted by Gasteiger charge is -2.22. The molecule has 1 unspecified atom stereocenters. The molecule has 0 aromatic heterocycles. The highest BCUT2D eigenvalue weighted by Gasteiger charge is 2.24. The van der Waals surface area contributed by atoms with Crippen LogP contribution in [0.3, 0.4) is 0 Å². The summed E-state index contributed by atoms with van der Waals surface area (Å²) in [5.41, 5.74) is 0.172. The number of nitro benzene ring substituents is 1. The van der Waals surface area contributed by atoms with E-state index in [0.29, 0.717) is 18.8 Å². The van der Waals surface area contributed by atoms with Crippen LogP contribution in [-0.2, 0) is 4.74 Å². The summed E-state index contributed by atoms with van der Waals surface area (Å²) in [5.74, 6) is -0.451. The highest BCUT2D eigenvalue weighted by atomic mass is 16.6. The number of benzene rings is 1. The largest absolute Gasteiger partial charge is 0.383 e. The van der Waals surface area contributed by atoms with Crippen molar-refractivity contribution in [1.29, 1.82) is 0 Å². The summed E-state index contributed by atoms with van der Waals surface area (Å²) in [5, 5.41) is 16.6. The molecule has 7 heteroatoms. The van der Waals surface area contributed by atoms with Gasteiger partial charge in [0.05, 0.1) is 11.0 Å². The molecule has 7 nitrogen and oxygen atoms in total. The van der Waals surface area contributed by atoms with Gasteiger partial charge in [-0.05, 0) is 31.4 Å². The lowest BCUT2D eigenvalue weighted by molar-refractivity contribution is -0.384. The number of carbonyl (C=O) groups is 1. The van der Waals surface area contributed by atoms with Crippen LogP contribution >= 0.6 is 0 Å². The van der Waals surface area contributed by atoms with Gasteiger partial charge in [-0.1, -0.05) is 6.07 Å². The Balaban J connectivity index is 2.09. The van der Waals surface area contributed by atoms with Crippen molar-refractivity contribution in [2.45, 2.75) is 25.4 Å². The average Bonchev–Trinajstić information content (AvgIpc) is 2.52. The second kappa shape index (κ2) is 7.03. The summed E-state index contributed by atoms with van der Waals surface area (Å²) in [6.07, 6.45) is 3.02. The molecule has 1 fully saturated rings. The zero-order valence-electron chi connectivity index (χ0n) is 11.9. The van der Waals surface area contributed by atoms with Crippen molar-refractivity contribution in [2.75, 3.05) is 25.5 Å². The van der Waals surface area contributed by atoms with Crippen molar-refractivity contribution in [2.24, 2.45) is 0 Å². The van der Waals surface area contributed by atoms with Gasteiger partial charge >= 0.3 is 5.69 Å². The molecule has 2 N–H and O–H groups in total. The van der Waals surface area contributed by atoms with Crippen LogP contribution in [0.2, 0.25) is 0 Å². The first-order valence-corrected chi connectivity index (χ1v) is 6.98. The van der Waals surface area contributed by atoms with Gasteiger partial charge in [-0.25, -0.2) is 0 Å². The van der Waals surface area contributed by atoms with Crippen molar-refractivity contribution in [1.82, 2.24) is 5.32 Å². The number of nitrogens with one attached hydrogen (secondary N) is 2. The van der Waals surface area contributed by atoms with E-state index in [2.05, 4.69) is 10.6 Å². The molecular weight excluding hydrogens is 274 g/mol. The summed E-state index contributed by atoms with van der Waals surface area (Å²) in [4.78, 5) is 22.8. The fourth-order valence-corrected chi connectivity index (χ4v) is 2.40. The fraction of sp³-hybridized carbons (Fsp3) is 0.500. The lowest BCUT2D eigenvalue weighted by atomic mass is 10.1.